The number of rotatable bonds is 2. The molecule has 2 heterocycles. The first-order valence-corrected chi connectivity index (χ1v) is 6.89. The number of hydrogen-bond acceptors (Lipinski definition) is 3. The number of methoxy groups -OCH3 is 1. The van der Waals surface area contributed by atoms with Crippen molar-refractivity contribution in [1.82, 2.24) is 15.2 Å². The molecule has 1 saturated heterocycles. The van der Waals surface area contributed by atoms with Gasteiger partial charge < -0.3 is 19.9 Å². The first-order valence-electron chi connectivity index (χ1n) is 6.89. The molecule has 110 valence electrons. The number of aromatic amines is 1. The van der Waals surface area contributed by atoms with E-state index in [-0.39, 0.29) is 11.9 Å². The molecule has 0 bridgehead atoms. The lowest BCUT2D eigenvalue weighted by molar-refractivity contribution is 0.0783. The van der Waals surface area contributed by atoms with E-state index in [2.05, 4.69) is 15.0 Å². The smallest absolute Gasteiger partial charge is 0.407 e. The van der Waals surface area contributed by atoms with Gasteiger partial charge in [0, 0.05) is 24.0 Å². The summed E-state index contributed by atoms with van der Waals surface area (Å²) in [6.45, 7) is 1.13. The Hall–Kier alpha value is -2.50. The van der Waals surface area contributed by atoms with Crippen LogP contribution in [0.4, 0.5) is 4.79 Å². The minimum atomic E-state index is -0.458. The second-order valence-corrected chi connectivity index (χ2v) is 5.14. The number of nitrogens with zero attached hydrogens (tertiary/aromatic N) is 1. The molecule has 2 amide bonds. The summed E-state index contributed by atoms with van der Waals surface area (Å²) in [6, 6.07) is 9.59. The lowest BCUT2D eigenvalue weighted by Crippen LogP contribution is -2.38. The van der Waals surface area contributed by atoms with Crippen molar-refractivity contribution < 1.29 is 14.3 Å². The van der Waals surface area contributed by atoms with Crippen LogP contribution < -0.4 is 5.32 Å². The number of amides is 2. The van der Waals surface area contributed by atoms with Crippen molar-refractivity contribution in [3.05, 3.63) is 36.0 Å². The van der Waals surface area contributed by atoms with E-state index in [1.165, 1.54) is 7.11 Å². The Morgan fingerprint density at radius 2 is 2.19 bits per heavy atom. The number of para-hydroxylation sites is 1. The van der Waals surface area contributed by atoms with Crippen molar-refractivity contribution in [1.29, 1.82) is 0 Å². The monoisotopic (exact) mass is 287 g/mol. The number of carbonyl (C=O) groups is 2. The molecule has 0 aliphatic carbocycles. The third-order valence-corrected chi connectivity index (χ3v) is 3.74. The molecule has 21 heavy (non-hydrogen) atoms. The maximum Gasteiger partial charge on any atom is 0.407 e. The lowest BCUT2D eigenvalue weighted by Gasteiger charge is -2.16. The van der Waals surface area contributed by atoms with Crippen molar-refractivity contribution in [3.63, 3.8) is 0 Å². The molecule has 6 nitrogen and oxygen atoms in total. The van der Waals surface area contributed by atoms with E-state index < -0.39 is 6.09 Å². The highest BCUT2D eigenvalue weighted by Crippen LogP contribution is 2.18. The topological polar surface area (TPSA) is 74.4 Å². The summed E-state index contributed by atoms with van der Waals surface area (Å²) >= 11 is 0. The van der Waals surface area contributed by atoms with Crippen molar-refractivity contribution in [2.24, 2.45) is 0 Å². The molecule has 1 aromatic carbocycles. The van der Waals surface area contributed by atoms with Gasteiger partial charge in [-0.15, -0.1) is 0 Å². The van der Waals surface area contributed by atoms with Gasteiger partial charge in [0.1, 0.15) is 5.69 Å². The number of ether oxygens (including phenoxy) is 1. The molecule has 0 spiro atoms. The number of alkyl carbamates (subject to hydrolysis) is 1. The van der Waals surface area contributed by atoms with E-state index in [1.54, 1.807) is 4.90 Å². The Labute approximate surface area is 122 Å². The third kappa shape index (κ3) is 2.69. The van der Waals surface area contributed by atoms with Gasteiger partial charge in [-0.3, -0.25) is 4.79 Å². The first kappa shape index (κ1) is 13.5. The normalized spacial score (nSPS) is 18.0. The Morgan fingerprint density at radius 1 is 1.38 bits per heavy atom. The Balaban J connectivity index is 1.70. The Kier molecular flexibility index (Phi) is 3.51. The standard InChI is InChI=1S/C15H17N3O3/c1-21-15(20)16-11-6-7-18(9-11)14(19)13-8-10-4-2-3-5-12(10)17-13/h2-5,8,11,17H,6-7,9H2,1H3,(H,16,20). The second kappa shape index (κ2) is 5.47. The van der Waals surface area contributed by atoms with Crippen LogP contribution in [0.15, 0.2) is 30.3 Å². The van der Waals surface area contributed by atoms with Gasteiger partial charge in [0.25, 0.3) is 5.91 Å². The minimum absolute atomic E-state index is 0.0413. The van der Waals surface area contributed by atoms with Gasteiger partial charge in [0.15, 0.2) is 0 Å². The molecular formula is C15H17N3O3. The number of aromatic nitrogens is 1. The highest BCUT2D eigenvalue weighted by atomic mass is 16.5. The van der Waals surface area contributed by atoms with Crippen LogP contribution in [-0.4, -0.2) is 48.1 Å². The summed E-state index contributed by atoms with van der Waals surface area (Å²) in [5, 5.41) is 3.74. The molecule has 0 saturated carbocycles. The average Bonchev–Trinajstić information content (AvgIpc) is 3.12. The predicted molar refractivity (Wildman–Crippen MR) is 78.1 cm³/mol. The van der Waals surface area contributed by atoms with Gasteiger partial charge in [-0.05, 0) is 18.6 Å². The lowest BCUT2D eigenvalue weighted by atomic mass is 10.2. The number of benzene rings is 1. The zero-order valence-corrected chi connectivity index (χ0v) is 11.8. The van der Waals surface area contributed by atoms with E-state index in [4.69, 9.17) is 0 Å². The molecule has 1 aliphatic heterocycles. The zero-order valence-electron chi connectivity index (χ0n) is 11.8. The maximum atomic E-state index is 12.5. The molecule has 6 heteroatoms. The quantitative estimate of drug-likeness (QED) is 0.883. The molecule has 2 N–H and O–H groups in total. The van der Waals surface area contributed by atoms with E-state index in [0.717, 1.165) is 17.3 Å². The van der Waals surface area contributed by atoms with Crippen LogP contribution in [-0.2, 0) is 4.74 Å². The number of fused-ring (bicyclic) bond motifs is 1. The van der Waals surface area contributed by atoms with E-state index in [9.17, 15) is 9.59 Å². The highest BCUT2D eigenvalue weighted by molar-refractivity contribution is 5.98. The summed E-state index contributed by atoms with van der Waals surface area (Å²) in [7, 11) is 1.33. The number of likely N-dealkylation sites (tertiary alicyclic amines) is 1. The SMILES string of the molecule is COC(=O)NC1CCN(C(=O)c2cc3ccccc3[nH]2)C1. The Morgan fingerprint density at radius 3 is 2.95 bits per heavy atom. The number of carbonyl (C=O) groups excluding carboxylic acids is 2. The zero-order chi connectivity index (χ0) is 14.8. The van der Waals surface area contributed by atoms with Gasteiger partial charge in [0.2, 0.25) is 0 Å². The molecule has 1 unspecified atom stereocenters. The van der Waals surface area contributed by atoms with Crippen LogP contribution in [0.3, 0.4) is 0 Å². The average molecular weight is 287 g/mol. The number of H-pyrrole nitrogens is 1. The van der Waals surface area contributed by atoms with E-state index >= 15 is 0 Å². The Bertz CT molecular complexity index is 647. The van der Waals surface area contributed by atoms with Gasteiger partial charge in [0.05, 0.1) is 13.2 Å². The molecule has 3 rings (SSSR count). The predicted octanol–water partition coefficient (Wildman–Crippen LogP) is 1.74. The summed E-state index contributed by atoms with van der Waals surface area (Å²) in [5.41, 5.74) is 1.53. The molecule has 1 fully saturated rings. The summed E-state index contributed by atoms with van der Waals surface area (Å²) in [5.74, 6) is -0.0413. The fraction of sp³-hybridized carbons (Fsp3) is 0.333. The van der Waals surface area contributed by atoms with Crippen LogP contribution in [0.2, 0.25) is 0 Å². The molecule has 1 atom stereocenters. The van der Waals surface area contributed by atoms with Crippen LogP contribution >= 0.6 is 0 Å². The molecule has 2 aromatic rings. The van der Waals surface area contributed by atoms with E-state index in [1.807, 2.05) is 30.3 Å². The highest BCUT2D eigenvalue weighted by Gasteiger charge is 2.28. The van der Waals surface area contributed by atoms with Gasteiger partial charge in [-0.1, -0.05) is 18.2 Å². The number of hydrogen-bond donors (Lipinski definition) is 2. The molecule has 0 radical (unpaired) electrons. The third-order valence-electron chi connectivity index (χ3n) is 3.74. The first-order chi connectivity index (χ1) is 10.2. The van der Waals surface area contributed by atoms with Gasteiger partial charge in [-0.25, -0.2) is 4.79 Å². The largest absolute Gasteiger partial charge is 0.453 e. The van der Waals surface area contributed by atoms with Crippen LogP contribution in [0.1, 0.15) is 16.9 Å². The molecular weight excluding hydrogens is 270 g/mol. The van der Waals surface area contributed by atoms with Crippen LogP contribution in [0.25, 0.3) is 10.9 Å². The van der Waals surface area contributed by atoms with Gasteiger partial charge in [-0.2, -0.15) is 0 Å². The van der Waals surface area contributed by atoms with Crippen LogP contribution in [0.5, 0.6) is 0 Å². The molecule has 1 aliphatic rings. The second-order valence-electron chi connectivity index (χ2n) is 5.14. The number of nitrogens with one attached hydrogen (secondary N) is 2. The van der Waals surface area contributed by atoms with Crippen molar-refractivity contribution in [2.75, 3.05) is 20.2 Å². The minimum Gasteiger partial charge on any atom is -0.453 e. The summed E-state index contributed by atoms with van der Waals surface area (Å²) < 4.78 is 4.57. The van der Waals surface area contributed by atoms with Crippen molar-refractivity contribution >= 4 is 22.9 Å². The molecule has 1 aromatic heterocycles. The fourth-order valence-electron chi connectivity index (χ4n) is 2.65. The van der Waals surface area contributed by atoms with Gasteiger partial charge >= 0.3 is 6.09 Å². The van der Waals surface area contributed by atoms with Crippen molar-refractivity contribution in [2.45, 2.75) is 12.5 Å². The fourth-order valence-corrected chi connectivity index (χ4v) is 2.65. The van der Waals surface area contributed by atoms with Crippen LogP contribution in [0, 0.1) is 0 Å². The summed E-state index contributed by atoms with van der Waals surface area (Å²) in [6.07, 6.45) is 0.279. The van der Waals surface area contributed by atoms with E-state index in [0.29, 0.717) is 18.8 Å². The van der Waals surface area contributed by atoms with Crippen molar-refractivity contribution in [3.8, 4) is 0 Å². The summed E-state index contributed by atoms with van der Waals surface area (Å²) in [4.78, 5) is 28.5. The maximum absolute atomic E-state index is 12.5.